The van der Waals surface area contributed by atoms with Crippen molar-refractivity contribution in [3.63, 3.8) is 0 Å². The Labute approximate surface area is 152 Å². The maximum absolute atomic E-state index is 12.7. The quantitative estimate of drug-likeness (QED) is 0.704. The SMILES string of the molecule is O=c1[nH]c(C[NH+]2CCCCC2)nc2scc(-c3ccc(Br)cc3)c12. The summed E-state index contributed by atoms with van der Waals surface area (Å²) in [6.45, 7) is 3.17. The summed E-state index contributed by atoms with van der Waals surface area (Å²) in [5.41, 5.74) is 1.99. The van der Waals surface area contributed by atoms with Gasteiger partial charge in [-0.25, -0.2) is 4.98 Å². The summed E-state index contributed by atoms with van der Waals surface area (Å²) < 4.78 is 1.03. The number of halogens is 1. The van der Waals surface area contributed by atoms with Gasteiger partial charge in [0.1, 0.15) is 11.4 Å². The second-order valence-electron chi connectivity index (χ2n) is 6.34. The second-order valence-corrected chi connectivity index (χ2v) is 8.11. The Balaban J connectivity index is 1.70. The normalized spacial score (nSPS) is 15.9. The van der Waals surface area contributed by atoms with Crippen molar-refractivity contribution in [3.05, 3.63) is 50.3 Å². The summed E-state index contributed by atoms with van der Waals surface area (Å²) in [6, 6.07) is 8.04. The number of hydrogen-bond acceptors (Lipinski definition) is 3. The number of nitrogens with one attached hydrogen (secondary N) is 2. The number of quaternary nitrogens is 1. The van der Waals surface area contributed by atoms with E-state index < -0.39 is 0 Å². The molecule has 4 nitrogen and oxygen atoms in total. The minimum Gasteiger partial charge on any atom is -0.329 e. The molecule has 0 unspecified atom stereocenters. The molecule has 0 aliphatic carbocycles. The first-order valence-electron chi connectivity index (χ1n) is 8.30. The molecule has 2 N–H and O–H groups in total. The Kier molecular flexibility index (Phi) is 4.52. The van der Waals surface area contributed by atoms with E-state index >= 15 is 0 Å². The minimum atomic E-state index is -0.0226. The van der Waals surface area contributed by atoms with Gasteiger partial charge < -0.3 is 9.88 Å². The molecule has 24 heavy (non-hydrogen) atoms. The number of H-pyrrole nitrogens is 1. The molecule has 6 heteroatoms. The third-order valence-electron chi connectivity index (χ3n) is 4.63. The highest BCUT2D eigenvalue weighted by molar-refractivity contribution is 9.10. The molecule has 4 rings (SSSR count). The molecular weight excluding hydrogens is 386 g/mol. The first-order valence-corrected chi connectivity index (χ1v) is 9.98. The lowest BCUT2D eigenvalue weighted by molar-refractivity contribution is -0.919. The number of piperidine rings is 1. The molecule has 0 bridgehead atoms. The molecule has 0 saturated carbocycles. The van der Waals surface area contributed by atoms with Crippen LogP contribution in [0.2, 0.25) is 0 Å². The third-order valence-corrected chi connectivity index (χ3v) is 6.03. The zero-order valence-electron chi connectivity index (χ0n) is 13.3. The number of hydrogen-bond donors (Lipinski definition) is 2. The molecule has 0 spiro atoms. The topological polar surface area (TPSA) is 50.2 Å². The van der Waals surface area contributed by atoms with Crippen LogP contribution in [-0.4, -0.2) is 23.1 Å². The van der Waals surface area contributed by atoms with Crippen LogP contribution < -0.4 is 10.5 Å². The lowest BCUT2D eigenvalue weighted by Gasteiger charge is -2.22. The van der Waals surface area contributed by atoms with Gasteiger partial charge in [-0.3, -0.25) is 4.79 Å². The van der Waals surface area contributed by atoms with E-state index in [1.165, 1.54) is 37.3 Å². The van der Waals surface area contributed by atoms with Crippen LogP contribution in [0.3, 0.4) is 0 Å². The molecule has 2 aromatic heterocycles. The fourth-order valence-electron chi connectivity index (χ4n) is 3.38. The van der Waals surface area contributed by atoms with E-state index in [-0.39, 0.29) is 5.56 Å². The summed E-state index contributed by atoms with van der Waals surface area (Å²) in [5, 5.41) is 2.74. The Hall–Kier alpha value is -1.50. The Morgan fingerprint density at radius 2 is 1.92 bits per heavy atom. The van der Waals surface area contributed by atoms with Crippen molar-refractivity contribution >= 4 is 37.5 Å². The van der Waals surface area contributed by atoms with Gasteiger partial charge in [0.2, 0.25) is 0 Å². The van der Waals surface area contributed by atoms with Crippen molar-refractivity contribution in [1.82, 2.24) is 9.97 Å². The molecule has 3 heterocycles. The lowest BCUT2D eigenvalue weighted by Crippen LogP contribution is -3.11. The van der Waals surface area contributed by atoms with Gasteiger partial charge in [0.15, 0.2) is 5.82 Å². The Morgan fingerprint density at radius 1 is 1.17 bits per heavy atom. The number of rotatable bonds is 3. The molecule has 1 aliphatic heterocycles. The molecule has 0 atom stereocenters. The van der Waals surface area contributed by atoms with Gasteiger partial charge in [-0.15, -0.1) is 11.3 Å². The zero-order valence-corrected chi connectivity index (χ0v) is 15.7. The van der Waals surface area contributed by atoms with Gasteiger partial charge in [0, 0.05) is 15.4 Å². The van der Waals surface area contributed by atoms with Gasteiger partial charge in [-0.2, -0.15) is 0 Å². The first kappa shape index (κ1) is 16.0. The van der Waals surface area contributed by atoms with Crippen molar-refractivity contribution < 1.29 is 4.90 Å². The molecule has 1 aromatic carbocycles. The first-order chi connectivity index (χ1) is 11.7. The Bertz CT molecular complexity index is 910. The number of benzene rings is 1. The monoisotopic (exact) mass is 404 g/mol. The van der Waals surface area contributed by atoms with Crippen molar-refractivity contribution in [2.24, 2.45) is 0 Å². The van der Waals surface area contributed by atoms with Gasteiger partial charge in [-0.05, 0) is 37.0 Å². The maximum Gasteiger partial charge on any atom is 0.260 e. The molecule has 3 aromatic rings. The average molecular weight is 405 g/mol. The van der Waals surface area contributed by atoms with E-state index in [1.807, 2.05) is 29.6 Å². The number of thiophene rings is 1. The van der Waals surface area contributed by atoms with Crippen LogP contribution in [0, 0.1) is 0 Å². The van der Waals surface area contributed by atoms with Gasteiger partial charge >= 0.3 is 0 Å². The Morgan fingerprint density at radius 3 is 2.67 bits per heavy atom. The fourth-order valence-corrected chi connectivity index (χ4v) is 4.62. The molecule has 1 aliphatic rings. The van der Waals surface area contributed by atoms with E-state index in [1.54, 1.807) is 11.3 Å². The molecular formula is C18H19BrN3OS+. The van der Waals surface area contributed by atoms with Crippen LogP contribution in [0.1, 0.15) is 25.1 Å². The average Bonchev–Trinajstić information content (AvgIpc) is 3.01. The van der Waals surface area contributed by atoms with E-state index in [4.69, 9.17) is 4.98 Å². The van der Waals surface area contributed by atoms with E-state index in [2.05, 4.69) is 20.9 Å². The smallest absolute Gasteiger partial charge is 0.260 e. The van der Waals surface area contributed by atoms with E-state index in [9.17, 15) is 4.79 Å². The summed E-state index contributed by atoms with van der Waals surface area (Å²) in [7, 11) is 0. The van der Waals surface area contributed by atoms with Gasteiger partial charge in [-0.1, -0.05) is 28.1 Å². The summed E-state index contributed by atoms with van der Waals surface area (Å²) in [4.78, 5) is 22.8. The second kappa shape index (κ2) is 6.78. The van der Waals surface area contributed by atoms with Crippen LogP contribution in [0.4, 0.5) is 0 Å². The molecule has 0 amide bonds. The number of aromatic nitrogens is 2. The van der Waals surface area contributed by atoms with Crippen LogP contribution in [0.15, 0.2) is 38.9 Å². The summed E-state index contributed by atoms with van der Waals surface area (Å²) in [5.74, 6) is 0.814. The number of nitrogens with zero attached hydrogens (tertiary/aromatic N) is 1. The van der Waals surface area contributed by atoms with Crippen LogP contribution in [-0.2, 0) is 6.54 Å². The highest BCUT2D eigenvalue weighted by Crippen LogP contribution is 2.31. The largest absolute Gasteiger partial charge is 0.329 e. The number of aromatic amines is 1. The van der Waals surface area contributed by atoms with Crippen LogP contribution in [0.25, 0.3) is 21.3 Å². The number of likely N-dealkylation sites (tertiary alicyclic amines) is 1. The van der Waals surface area contributed by atoms with Gasteiger partial charge in [0.05, 0.1) is 18.5 Å². The van der Waals surface area contributed by atoms with E-state index in [0.29, 0.717) is 5.39 Å². The zero-order chi connectivity index (χ0) is 16.5. The maximum atomic E-state index is 12.7. The number of fused-ring (bicyclic) bond motifs is 1. The predicted octanol–water partition coefficient (Wildman–Crippen LogP) is 2.98. The highest BCUT2D eigenvalue weighted by Gasteiger charge is 2.18. The molecule has 1 fully saturated rings. The lowest BCUT2D eigenvalue weighted by atomic mass is 10.1. The summed E-state index contributed by atoms with van der Waals surface area (Å²) >= 11 is 5.00. The van der Waals surface area contributed by atoms with Gasteiger partial charge in [0.25, 0.3) is 5.56 Å². The van der Waals surface area contributed by atoms with Crippen LogP contribution in [0.5, 0.6) is 0 Å². The van der Waals surface area contributed by atoms with Crippen molar-refractivity contribution in [3.8, 4) is 11.1 Å². The summed E-state index contributed by atoms with van der Waals surface area (Å²) in [6.07, 6.45) is 3.87. The molecule has 124 valence electrons. The molecule has 1 saturated heterocycles. The van der Waals surface area contributed by atoms with Crippen molar-refractivity contribution in [2.45, 2.75) is 25.8 Å². The highest BCUT2D eigenvalue weighted by atomic mass is 79.9. The predicted molar refractivity (Wildman–Crippen MR) is 102 cm³/mol. The standard InChI is InChI=1S/C18H18BrN3OS/c19-13-6-4-12(5-7-13)14-11-24-18-16(14)17(23)20-15(21-18)10-22-8-2-1-3-9-22/h4-7,11H,1-3,8-10H2,(H,20,21,23)/p+1. The fraction of sp³-hybridized carbons (Fsp3) is 0.333. The van der Waals surface area contributed by atoms with Crippen LogP contribution >= 0.6 is 27.3 Å². The minimum absolute atomic E-state index is 0.0226. The van der Waals surface area contributed by atoms with E-state index in [0.717, 1.165) is 32.8 Å². The molecule has 0 radical (unpaired) electrons. The van der Waals surface area contributed by atoms with Crippen molar-refractivity contribution in [1.29, 1.82) is 0 Å². The third kappa shape index (κ3) is 3.18. The van der Waals surface area contributed by atoms with Crippen molar-refractivity contribution in [2.75, 3.05) is 13.1 Å².